The Kier molecular flexibility index (Phi) is 4.98. The Balaban J connectivity index is 1.71. The predicted octanol–water partition coefficient (Wildman–Crippen LogP) is 4.91. The van der Waals surface area contributed by atoms with Gasteiger partial charge < -0.3 is 15.5 Å². The number of hydrogen-bond donors (Lipinski definition) is 3. The van der Waals surface area contributed by atoms with Crippen LogP contribution in [0.25, 0.3) is 21.3 Å². The predicted molar refractivity (Wildman–Crippen MR) is 114 cm³/mol. The van der Waals surface area contributed by atoms with Crippen molar-refractivity contribution in [3.05, 3.63) is 71.4 Å². The quantitative estimate of drug-likeness (QED) is 0.451. The zero-order valence-corrected chi connectivity index (χ0v) is 16.4. The molecule has 2 heterocycles. The molecule has 0 saturated heterocycles. The van der Waals surface area contributed by atoms with Gasteiger partial charge in [0.1, 0.15) is 22.2 Å². The van der Waals surface area contributed by atoms with E-state index in [0.717, 1.165) is 26.9 Å². The van der Waals surface area contributed by atoms with E-state index in [0.29, 0.717) is 11.6 Å². The molecule has 2 atom stereocenters. The molecule has 28 heavy (non-hydrogen) atoms. The molecule has 0 bridgehead atoms. The summed E-state index contributed by atoms with van der Waals surface area (Å²) in [4.78, 5) is 10.1. The number of fused-ring (bicyclic) bond motifs is 1. The second-order valence-electron chi connectivity index (χ2n) is 6.78. The Morgan fingerprint density at radius 3 is 2.43 bits per heavy atom. The molecular formula is C22H21N3O2S. The zero-order chi connectivity index (χ0) is 19.7. The van der Waals surface area contributed by atoms with Crippen LogP contribution >= 0.6 is 11.3 Å². The number of hydrogen-bond acceptors (Lipinski definition) is 6. The van der Waals surface area contributed by atoms with Gasteiger partial charge in [-0.1, -0.05) is 42.5 Å². The second kappa shape index (κ2) is 7.58. The highest BCUT2D eigenvalue weighted by Crippen LogP contribution is 2.37. The first-order chi connectivity index (χ1) is 13.5. The maximum atomic E-state index is 10.7. The molecular weight excluding hydrogens is 370 g/mol. The van der Waals surface area contributed by atoms with Crippen molar-refractivity contribution in [2.24, 2.45) is 0 Å². The molecule has 142 valence electrons. The zero-order valence-electron chi connectivity index (χ0n) is 15.6. The van der Waals surface area contributed by atoms with Gasteiger partial charge in [0.15, 0.2) is 0 Å². The van der Waals surface area contributed by atoms with Gasteiger partial charge in [0.05, 0.1) is 17.5 Å². The number of nitrogens with zero attached hydrogens (tertiary/aromatic N) is 2. The highest BCUT2D eigenvalue weighted by atomic mass is 32.1. The van der Waals surface area contributed by atoms with Gasteiger partial charge in [0, 0.05) is 10.9 Å². The van der Waals surface area contributed by atoms with E-state index in [1.54, 1.807) is 35.6 Å². The van der Waals surface area contributed by atoms with E-state index in [-0.39, 0.29) is 11.8 Å². The number of benzene rings is 2. The van der Waals surface area contributed by atoms with Crippen molar-refractivity contribution >= 4 is 27.4 Å². The van der Waals surface area contributed by atoms with Crippen molar-refractivity contribution in [2.45, 2.75) is 26.0 Å². The fourth-order valence-electron chi connectivity index (χ4n) is 3.24. The molecule has 0 fully saturated rings. The van der Waals surface area contributed by atoms with E-state index in [1.165, 1.54) is 0 Å². The summed E-state index contributed by atoms with van der Waals surface area (Å²) >= 11 is 1.59. The summed E-state index contributed by atoms with van der Waals surface area (Å²) in [6.07, 6.45) is -0.746. The lowest BCUT2D eigenvalue weighted by atomic mass is 10.0. The summed E-state index contributed by atoms with van der Waals surface area (Å²) in [5, 5.41) is 26.6. The minimum absolute atomic E-state index is 0.176. The van der Waals surface area contributed by atoms with Crippen molar-refractivity contribution in [2.75, 3.05) is 5.32 Å². The van der Waals surface area contributed by atoms with Gasteiger partial charge >= 0.3 is 0 Å². The smallest absolute Gasteiger partial charge is 0.139 e. The molecule has 0 unspecified atom stereocenters. The number of aryl methyl sites for hydroxylation is 1. The molecule has 0 aliphatic carbocycles. The number of thiophene rings is 1. The van der Waals surface area contributed by atoms with Crippen LogP contribution in [0.5, 0.6) is 5.75 Å². The molecule has 4 rings (SSSR count). The van der Waals surface area contributed by atoms with Gasteiger partial charge in [-0.05, 0) is 37.1 Å². The van der Waals surface area contributed by atoms with Gasteiger partial charge in [-0.15, -0.1) is 11.3 Å². The maximum Gasteiger partial charge on any atom is 0.139 e. The summed E-state index contributed by atoms with van der Waals surface area (Å²) < 4.78 is 0. The van der Waals surface area contributed by atoms with E-state index in [4.69, 9.17) is 0 Å². The average molecular weight is 391 g/mol. The molecule has 2 aromatic carbocycles. The number of nitrogens with one attached hydrogen (secondary N) is 1. The summed E-state index contributed by atoms with van der Waals surface area (Å²) in [5.41, 5.74) is 2.92. The highest BCUT2D eigenvalue weighted by molar-refractivity contribution is 7.17. The SMILES string of the molecule is Cc1nc(N[C@@H](C)[C@@H](O)c2ccc(O)cc2)c2c(-c3ccccc3)csc2n1. The van der Waals surface area contributed by atoms with Gasteiger partial charge in [0.2, 0.25) is 0 Å². The molecule has 0 saturated carbocycles. The van der Waals surface area contributed by atoms with Crippen molar-refractivity contribution in [3.8, 4) is 16.9 Å². The van der Waals surface area contributed by atoms with Crippen molar-refractivity contribution in [3.63, 3.8) is 0 Å². The number of aromatic nitrogens is 2. The molecule has 2 aromatic heterocycles. The van der Waals surface area contributed by atoms with Crippen molar-refractivity contribution < 1.29 is 10.2 Å². The Morgan fingerprint density at radius 2 is 1.71 bits per heavy atom. The summed E-state index contributed by atoms with van der Waals surface area (Å²) in [6, 6.07) is 16.5. The molecule has 0 amide bonds. The fourth-order valence-corrected chi connectivity index (χ4v) is 4.23. The molecule has 4 aromatic rings. The van der Waals surface area contributed by atoms with Gasteiger partial charge in [-0.2, -0.15) is 0 Å². The molecule has 0 aliphatic heterocycles. The van der Waals surface area contributed by atoms with Crippen LogP contribution in [0.4, 0.5) is 5.82 Å². The average Bonchev–Trinajstić information content (AvgIpc) is 3.12. The standard InChI is InChI=1S/C22H21N3O2S/c1-13(20(27)16-8-10-17(26)11-9-16)23-21-19-18(15-6-4-3-5-7-15)12-28-22(19)25-14(2)24-21/h3-13,20,26-27H,1-2H3,(H,23,24,25)/t13-,20+/m0/s1. The normalized spacial score (nSPS) is 13.4. The number of rotatable bonds is 5. The van der Waals surface area contributed by atoms with Crippen LogP contribution in [0, 0.1) is 6.92 Å². The van der Waals surface area contributed by atoms with Crippen molar-refractivity contribution in [1.29, 1.82) is 0 Å². The number of aliphatic hydroxyl groups excluding tert-OH is 1. The third-order valence-electron chi connectivity index (χ3n) is 4.70. The topological polar surface area (TPSA) is 78.3 Å². The largest absolute Gasteiger partial charge is 0.508 e. The Morgan fingerprint density at radius 1 is 1.00 bits per heavy atom. The van der Waals surface area contributed by atoms with E-state index < -0.39 is 6.10 Å². The van der Waals surface area contributed by atoms with E-state index in [9.17, 15) is 10.2 Å². The van der Waals surface area contributed by atoms with E-state index in [1.807, 2.05) is 32.0 Å². The van der Waals surface area contributed by atoms with Crippen molar-refractivity contribution in [1.82, 2.24) is 9.97 Å². The van der Waals surface area contributed by atoms with Crippen LogP contribution in [0.3, 0.4) is 0 Å². The Labute approximate surface area is 167 Å². The number of phenolic OH excluding ortho intramolecular Hbond substituents is 1. The Bertz CT molecular complexity index is 1090. The van der Waals surface area contributed by atoms with E-state index >= 15 is 0 Å². The Hall–Kier alpha value is -2.96. The van der Waals surface area contributed by atoms with Crippen LogP contribution in [0.1, 0.15) is 24.4 Å². The molecule has 5 nitrogen and oxygen atoms in total. The minimum Gasteiger partial charge on any atom is -0.508 e. The summed E-state index contributed by atoms with van der Waals surface area (Å²) in [6.45, 7) is 3.78. The summed E-state index contributed by atoms with van der Waals surface area (Å²) in [5.74, 6) is 1.58. The van der Waals surface area contributed by atoms with Crippen LogP contribution in [0.15, 0.2) is 60.0 Å². The highest BCUT2D eigenvalue weighted by Gasteiger charge is 2.20. The molecule has 0 aliphatic rings. The number of aliphatic hydroxyl groups is 1. The first-order valence-electron chi connectivity index (χ1n) is 9.07. The maximum absolute atomic E-state index is 10.7. The first kappa shape index (κ1) is 18.4. The van der Waals surface area contributed by atoms with Gasteiger partial charge in [0.25, 0.3) is 0 Å². The number of anilines is 1. The van der Waals surface area contributed by atoms with E-state index in [2.05, 4.69) is 32.8 Å². The fraction of sp³-hybridized carbons (Fsp3) is 0.182. The lowest BCUT2D eigenvalue weighted by molar-refractivity contribution is 0.160. The lowest BCUT2D eigenvalue weighted by Crippen LogP contribution is -2.25. The minimum atomic E-state index is -0.746. The number of aromatic hydroxyl groups is 1. The number of phenols is 1. The third-order valence-corrected chi connectivity index (χ3v) is 5.57. The van der Waals surface area contributed by atoms with Crippen LogP contribution in [0.2, 0.25) is 0 Å². The monoisotopic (exact) mass is 391 g/mol. The first-order valence-corrected chi connectivity index (χ1v) is 9.95. The van der Waals surface area contributed by atoms with Gasteiger partial charge in [-0.3, -0.25) is 0 Å². The molecule has 3 N–H and O–H groups in total. The van der Waals surface area contributed by atoms with Crippen LogP contribution < -0.4 is 5.32 Å². The van der Waals surface area contributed by atoms with Crippen LogP contribution in [-0.4, -0.2) is 26.2 Å². The molecule has 0 spiro atoms. The molecule has 6 heteroatoms. The van der Waals surface area contributed by atoms with Crippen LogP contribution in [-0.2, 0) is 0 Å². The molecule has 0 radical (unpaired) electrons. The third kappa shape index (κ3) is 3.56. The lowest BCUT2D eigenvalue weighted by Gasteiger charge is -2.22. The van der Waals surface area contributed by atoms with Gasteiger partial charge in [-0.25, -0.2) is 9.97 Å². The summed E-state index contributed by atoms with van der Waals surface area (Å²) in [7, 11) is 0. The second-order valence-corrected chi connectivity index (χ2v) is 7.64.